The molecule has 0 atom stereocenters. The third-order valence-corrected chi connectivity index (χ3v) is 2.87. The highest BCUT2D eigenvalue weighted by atomic mass is 16.5. The molecule has 0 aromatic heterocycles. The van der Waals surface area contributed by atoms with E-state index < -0.39 is 6.09 Å². The molecule has 5 nitrogen and oxygen atoms in total. The minimum Gasteiger partial charge on any atom is -0.449 e. The van der Waals surface area contributed by atoms with Crippen LogP contribution in [0.15, 0.2) is 36.4 Å². The van der Waals surface area contributed by atoms with E-state index in [1.54, 1.807) is 18.2 Å². The number of carbonyl (C=O) groups excluding carboxylic acids is 1. The van der Waals surface area contributed by atoms with Gasteiger partial charge in [-0.2, -0.15) is 0 Å². The molecular formula is C15H17N3O2. The van der Waals surface area contributed by atoms with Crippen molar-refractivity contribution in [3.8, 4) is 0 Å². The molecule has 0 radical (unpaired) electrons. The number of hydrogen-bond acceptors (Lipinski definition) is 3. The van der Waals surface area contributed by atoms with Crippen molar-refractivity contribution in [1.82, 2.24) is 0 Å². The first-order chi connectivity index (χ1) is 9.61. The van der Waals surface area contributed by atoms with Crippen LogP contribution in [0.2, 0.25) is 0 Å². The number of fused-ring (bicyclic) bond motifs is 1. The number of nitrogens with two attached hydrogens (primary N) is 1. The van der Waals surface area contributed by atoms with Crippen LogP contribution < -0.4 is 11.1 Å². The molecule has 0 fully saturated rings. The van der Waals surface area contributed by atoms with E-state index in [1.807, 2.05) is 25.1 Å². The molecule has 0 aliphatic carbocycles. The van der Waals surface area contributed by atoms with Gasteiger partial charge in [-0.25, -0.2) is 4.79 Å². The standard InChI is InChI=1S/C15H17N3O2/c1-2-8-20-15(19)18-13-5-3-4-10-6-7-11(14(16)17)9-12(10)13/h3-7,9H,2,8H2,1H3,(H3,16,17)(H,18,19). The molecule has 1 amide bonds. The minimum atomic E-state index is -0.479. The Balaban J connectivity index is 2.34. The van der Waals surface area contributed by atoms with E-state index >= 15 is 0 Å². The summed E-state index contributed by atoms with van der Waals surface area (Å²) in [7, 11) is 0. The van der Waals surface area contributed by atoms with Gasteiger partial charge in [0.2, 0.25) is 0 Å². The van der Waals surface area contributed by atoms with Crippen LogP contribution in [0.1, 0.15) is 18.9 Å². The van der Waals surface area contributed by atoms with Crippen molar-refractivity contribution in [2.45, 2.75) is 13.3 Å². The molecule has 2 aromatic rings. The van der Waals surface area contributed by atoms with Crippen LogP contribution in [0.25, 0.3) is 10.8 Å². The first kappa shape index (κ1) is 13.9. The molecule has 0 spiro atoms. The first-order valence-corrected chi connectivity index (χ1v) is 6.42. The Labute approximate surface area is 117 Å². The van der Waals surface area contributed by atoms with E-state index in [2.05, 4.69) is 5.32 Å². The lowest BCUT2D eigenvalue weighted by atomic mass is 10.0. The molecule has 0 saturated heterocycles. The van der Waals surface area contributed by atoms with Gasteiger partial charge in [0, 0.05) is 10.9 Å². The molecule has 4 N–H and O–H groups in total. The molecule has 0 bridgehead atoms. The van der Waals surface area contributed by atoms with Gasteiger partial charge >= 0.3 is 6.09 Å². The van der Waals surface area contributed by atoms with E-state index in [0.29, 0.717) is 17.9 Å². The minimum absolute atomic E-state index is 0.00439. The van der Waals surface area contributed by atoms with Crippen molar-refractivity contribution >= 4 is 28.4 Å². The number of amides is 1. The van der Waals surface area contributed by atoms with Gasteiger partial charge in [-0.05, 0) is 23.9 Å². The van der Waals surface area contributed by atoms with Gasteiger partial charge < -0.3 is 10.5 Å². The normalized spacial score (nSPS) is 10.2. The highest BCUT2D eigenvalue weighted by Gasteiger charge is 2.07. The van der Waals surface area contributed by atoms with Gasteiger partial charge in [-0.15, -0.1) is 0 Å². The van der Waals surface area contributed by atoms with Crippen molar-refractivity contribution in [2.24, 2.45) is 5.73 Å². The number of amidine groups is 1. The van der Waals surface area contributed by atoms with Crippen LogP contribution in [0.4, 0.5) is 10.5 Å². The van der Waals surface area contributed by atoms with Crippen LogP contribution in [-0.4, -0.2) is 18.5 Å². The second kappa shape index (κ2) is 6.06. The highest BCUT2D eigenvalue weighted by Crippen LogP contribution is 2.24. The van der Waals surface area contributed by atoms with Crippen LogP contribution in [-0.2, 0) is 4.74 Å². The van der Waals surface area contributed by atoms with E-state index in [9.17, 15) is 4.79 Å². The number of anilines is 1. The van der Waals surface area contributed by atoms with Crippen LogP contribution >= 0.6 is 0 Å². The van der Waals surface area contributed by atoms with Crippen molar-refractivity contribution in [3.05, 3.63) is 42.0 Å². The monoisotopic (exact) mass is 271 g/mol. The molecule has 0 unspecified atom stereocenters. The second-order valence-corrected chi connectivity index (χ2v) is 4.42. The van der Waals surface area contributed by atoms with Gasteiger partial charge in [-0.1, -0.05) is 31.2 Å². The maximum atomic E-state index is 11.6. The predicted molar refractivity (Wildman–Crippen MR) is 80.2 cm³/mol. The number of carbonyl (C=O) groups is 1. The lowest BCUT2D eigenvalue weighted by molar-refractivity contribution is 0.162. The van der Waals surface area contributed by atoms with Gasteiger partial charge in [-0.3, -0.25) is 10.7 Å². The van der Waals surface area contributed by atoms with Crippen molar-refractivity contribution in [1.29, 1.82) is 5.41 Å². The topological polar surface area (TPSA) is 88.2 Å². The van der Waals surface area contributed by atoms with Crippen molar-refractivity contribution in [2.75, 3.05) is 11.9 Å². The van der Waals surface area contributed by atoms with E-state index in [4.69, 9.17) is 15.9 Å². The Bertz CT molecular complexity index is 653. The van der Waals surface area contributed by atoms with Crippen molar-refractivity contribution in [3.63, 3.8) is 0 Å². The van der Waals surface area contributed by atoms with Crippen LogP contribution in [0.5, 0.6) is 0 Å². The second-order valence-electron chi connectivity index (χ2n) is 4.42. The number of benzene rings is 2. The number of ether oxygens (including phenoxy) is 1. The Kier molecular flexibility index (Phi) is 4.20. The number of nitrogens with one attached hydrogen (secondary N) is 2. The SMILES string of the molecule is CCCOC(=O)Nc1cccc2ccc(C(=N)N)cc12. The summed E-state index contributed by atoms with van der Waals surface area (Å²) in [6, 6.07) is 11.0. The van der Waals surface area contributed by atoms with Gasteiger partial charge in [0.15, 0.2) is 0 Å². The molecule has 104 valence electrons. The molecule has 0 saturated carbocycles. The number of rotatable bonds is 4. The van der Waals surface area contributed by atoms with E-state index in [-0.39, 0.29) is 5.84 Å². The highest BCUT2D eigenvalue weighted by molar-refractivity contribution is 6.04. The fourth-order valence-electron chi connectivity index (χ4n) is 1.89. The summed E-state index contributed by atoms with van der Waals surface area (Å²) in [4.78, 5) is 11.6. The summed E-state index contributed by atoms with van der Waals surface area (Å²) in [5.41, 5.74) is 6.76. The molecule has 0 aliphatic heterocycles. The van der Waals surface area contributed by atoms with Crippen LogP contribution in [0, 0.1) is 5.41 Å². The van der Waals surface area contributed by atoms with Gasteiger partial charge in [0.25, 0.3) is 0 Å². The Morgan fingerprint density at radius 1 is 1.35 bits per heavy atom. The smallest absolute Gasteiger partial charge is 0.411 e. The van der Waals surface area contributed by atoms with Gasteiger partial charge in [0.1, 0.15) is 5.84 Å². The zero-order valence-corrected chi connectivity index (χ0v) is 11.3. The summed E-state index contributed by atoms with van der Waals surface area (Å²) in [5, 5.41) is 12.0. The molecule has 2 rings (SSSR count). The third-order valence-electron chi connectivity index (χ3n) is 2.87. The summed E-state index contributed by atoms with van der Waals surface area (Å²) in [6.45, 7) is 2.32. The number of nitrogen functional groups attached to an aromatic ring is 1. The first-order valence-electron chi connectivity index (χ1n) is 6.42. The lowest BCUT2D eigenvalue weighted by Crippen LogP contribution is -2.14. The number of hydrogen-bond donors (Lipinski definition) is 3. The van der Waals surface area contributed by atoms with Gasteiger partial charge in [0.05, 0.1) is 12.3 Å². The molecule has 0 heterocycles. The average molecular weight is 271 g/mol. The van der Waals surface area contributed by atoms with E-state index in [0.717, 1.165) is 17.2 Å². The lowest BCUT2D eigenvalue weighted by Gasteiger charge is -2.10. The zero-order chi connectivity index (χ0) is 14.5. The maximum absolute atomic E-state index is 11.6. The largest absolute Gasteiger partial charge is 0.449 e. The Morgan fingerprint density at radius 2 is 2.15 bits per heavy atom. The fraction of sp³-hybridized carbons (Fsp3) is 0.200. The quantitative estimate of drug-likeness (QED) is 0.589. The van der Waals surface area contributed by atoms with Crippen molar-refractivity contribution < 1.29 is 9.53 Å². The Morgan fingerprint density at radius 3 is 2.85 bits per heavy atom. The average Bonchev–Trinajstić information content (AvgIpc) is 2.45. The molecule has 0 aliphatic rings. The zero-order valence-electron chi connectivity index (χ0n) is 11.3. The summed E-state index contributed by atoms with van der Waals surface area (Å²) in [5.74, 6) is -0.00439. The fourth-order valence-corrected chi connectivity index (χ4v) is 1.89. The molecular weight excluding hydrogens is 254 g/mol. The Hall–Kier alpha value is -2.56. The van der Waals surface area contributed by atoms with E-state index in [1.165, 1.54) is 0 Å². The maximum Gasteiger partial charge on any atom is 0.411 e. The van der Waals surface area contributed by atoms with Crippen LogP contribution in [0.3, 0.4) is 0 Å². The third kappa shape index (κ3) is 3.06. The summed E-state index contributed by atoms with van der Waals surface area (Å²) >= 11 is 0. The summed E-state index contributed by atoms with van der Waals surface area (Å²) < 4.78 is 5.00. The summed E-state index contributed by atoms with van der Waals surface area (Å²) in [6.07, 6.45) is 0.296. The molecule has 20 heavy (non-hydrogen) atoms. The predicted octanol–water partition coefficient (Wildman–Crippen LogP) is 3.08. The molecule has 2 aromatic carbocycles. The molecule has 5 heteroatoms.